The zero-order valence-electron chi connectivity index (χ0n) is 10.2. The van der Waals surface area contributed by atoms with Crippen molar-refractivity contribution < 1.29 is 14.6 Å². The Kier molecular flexibility index (Phi) is 3.94. The van der Waals surface area contributed by atoms with Gasteiger partial charge in [-0.05, 0) is 30.5 Å². The molecule has 0 radical (unpaired) electrons. The van der Waals surface area contributed by atoms with Gasteiger partial charge in [0.2, 0.25) is 0 Å². The minimum atomic E-state index is -0.680. The normalized spacial score (nSPS) is 16.6. The summed E-state index contributed by atoms with van der Waals surface area (Å²) >= 11 is 0. The summed E-state index contributed by atoms with van der Waals surface area (Å²) in [4.78, 5) is 12.2. The number of rotatable bonds is 3. The first-order valence-electron chi connectivity index (χ1n) is 5.88. The number of phenolic OH excluding ortho intramolecular Hbond substituents is 1. The van der Waals surface area contributed by atoms with Crippen LogP contribution in [0.5, 0.6) is 5.75 Å². The fourth-order valence-electron chi connectivity index (χ4n) is 1.88. The fourth-order valence-corrected chi connectivity index (χ4v) is 1.88. The number of aromatic hydroxyl groups is 1. The van der Waals surface area contributed by atoms with Crippen molar-refractivity contribution in [3.05, 3.63) is 29.8 Å². The van der Waals surface area contributed by atoms with E-state index in [0.717, 1.165) is 12.8 Å². The van der Waals surface area contributed by atoms with Gasteiger partial charge >= 0.3 is 0 Å². The Balaban J connectivity index is 2.17. The molecule has 0 bridgehead atoms. The van der Waals surface area contributed by atoms with E-state index in [4.69, 9.17) is 4.74 Å². The quantitative estimate of drug-likeness (QED) is 0.885. The molecule has 5 heteroatoms. The predicted molar refractivity (Wildman–Crippen MR) is 67.3 cm³/mol. The summed E-state index contributed by atoms with van der Waals surface area (Å²) in [5, 5.41) is 14.7. The number of phenols is 1. The highest BCUT2D eigenvalue weighted by Crippen LogP contribution is 2.22. The number of hydrogen-bond acceptors (Lipinski definition) is 4. The van der Waals surface area contributed by atoms with Crippen LogP contribution in [0.15, 0.2) is 29.4 Å². The molecule has 1 heterocycles. The van der Waals surface area contributed by atoms with Crippen molar-refractivity contribution in [1.29, 1.82) is 0 Å². The van der Waals surface area contributed by atoms with Crippen molar-refractivity contribution in [2.45, 2.75) is 18.9 Å². The first kappa shape index (κ1) is 12.6. The zero-order chi connectivity index (χ0) is 13.0. The molecule has 0 spiro atoms. The van der Waals surface area contributed by atoms with Crippen LogP contribution in [0.2, 0.25) is 0 Å². The standard InChI is InChI=1S/C13H16N2O3/c1-18-12(10-4-6-11(16)7-5-10)13(17)15-9-3-2-8-14-15/h4-8,12,16H,2-3,9H2,1H3. The monoisotopic (exact) mass is 248 g/mol. The number of benzene rings is 1. The van der Waals surface area contributed by atoms with Gasteiger partial charge in [0.15, 0.2) is 6.10 Å². The minimum absolute atomic E-state index is 0.164. The van der Waals surface area contributed by atoms with Gasteiger partial charge in [-0.3, -0.25) is 4.79 Å². The summed E-state index contributed by atoms with van der Waals surface area (Å²) < 4.78 is 5.24. The van der Waals surface area contributed by atoms with E-state index in [-0.39, 0.29) is 11.7 Å². The van der Waals surface area contributed by atoms with Gasteiger partial charge in [0.05, 0.1) is 0 Å². The number of hydrazone groups is 1. The van der Waals surface area contributed by atoms with Crippen molar-refractivity contribution in [3.63, 3.8) is 0 Å². The van der Waals surface area contributed by atoms with Crippen molar-refractivity contribution in [2.75, 3.05) is 13.7 Å². The summed E-state index contributed by atoms with van der Waals surface area (Å²) in [5.41, 5.74) is 0.709. The molecule has 5 nitrogen and oxygen atoms in total. The van der Waals surface area contributed by atoms with E-state index < -0.39 is 6.10 Å². The Labute approximate surface area is 106 Å². The van der Waals surface area contributed by atoms with E-state index in [9.17, 15) is 9.90 Å². The van der Waals surface area contributed by atoms with E-state index >= 15 is 0 Å². The molecule has 2 rings (SSSR count). The van der Waals surface area contributed by atoms with Gasteiger partial charge in [-0.25, -0.2) is 5.01 Å². The molecule has 1 atom stereocenters. The van der Waals surface area contributed by atoms with E-state index in [1.807, 2.05) is 0 Å². The molecule has 1 unspecified atom stereocenters. The van der Waals surface area contributed by atoms with Crippen LogP contribution in [0.1, 0.15) is 24.5 Å². The number of carbonyl (C=O) groups is 1. The Bertz CT molecular complexity index is 442. The van der Waals surface area contributed by atoms with Gasteiger partial charge in [0.25, 0.3) is 5.91 Å². The van der Waals surface area contributed by atoms with E-state index in [1.165, 1.54) is 24.3 Å². The molecule has 0 aliphatic carbocycles. The molecule has 0 fully saturated rings. The summed E-state index contributed by atoms with van der Waals surface area (Å²) in [6, 6.07) is 6.42. The van der Waals surface area contributed by atoms with Gasteiger partial charge < -0.3 is 9.84 Å². The molecule has 1 aromatic carbocycles. The summed E-state index contributed by atoms with van der Waals surface area (Å²) in [6.07, 6.45) is 2.88. The van der Waals surface area contributed by atoms with Crippen molar-refractivity contribution in [2.24, 2.45) is 5.10 Å². The molecule has 1 aromatic rings. The third-order valence-electron chi connectivity index (χ3n) is 2.83. The van der Waals surface area contributed by atoms with Crippen LogP contribution >= 0.6 is 0 Å². The van der Waals surface area contributed by atoms with Crippen LogP contribution in [-0.2, 0) is 9.53 Å². The number of amides is 1. The molecular weight excluding hydrogens is 232 g/mol. The number of hydrogen-bond donors (Lipinski definition) is 1. The summed E-state index contributed by atoms with van der Waals surface area (Å²) in [7, 11) is 1.49. The van der Waals surface area contributed by atoms with Crippen LogP contribution in [0, 0.1) is 0 Å². The molecule has 0 saturated heterocycles. The number of ether oxygens (including phenoxy) is 1. The lowest BCUT2D eigenvalue weighted by Crippen LogP contribution is -2.34. The number of methoxy groups -OCH3 is 1. The zero-order valence-corrected chi connectivity index (χ0v) is 10.2. The van der Waals surface area contributed by atoms with Gasteiger partial charge in [-0.1, -0.05) is 12.1 Å². The average Bonchev–Trinajstić information content (AvgIpc) is 2.42. The van der Waals surface area contributed by atoms with Crippen LogP contribution in [0.3, 0.4) is 0 Å². The Morgan fingerprint density at radius 3 is 2.72 bits per heavy atom. The van der Waals surface area contributed by atoms with E-state index in [2.05, 4.69) is 5.10 Å². The van der Waals surface area contributed by atoms with Crippen LogP contribution in [0.4, 0.5) is 0 Å². The fraction of sp³-hybridized carbons (Fsp3) is 0.385. The van der Waals surface area contributed by atoms with Crippen molar-refractivity contribution in [1.82, 2.24) is 5.01 Å². The molecule has 0 saturated carbocycles. The number of carbonyl (C=O) groups excluding carboxylic acids is 1. The molecule has 0 aromatic heterocycles. The summed E-state index contributed by atoms with van der Waals surface area (Å²) in [5.74, 6) is -0.0174. The van der Waals surface area contributed by atoms with E-state index in [1.54, 1.807) is 18.3 Å². The Hall–Kier alpha value is -1.88. The first-order valence-corrected chi connectivity index (χ1v) is 5.88. The molecule has 18 heavy (non-hydrogen) atoms. The van der Waals surface area contributed by atoms with Crippen molar-refractivity contribution in [3.8, 4) is 5.75 Å². The molecule has 96 valence electrons. The maximum atomic E-state index is 12.2. The second-order valence-corrected chi connectivity index (χ2v) is 4.11. The van der Waals surface area contributed by atoms with Gasteiger partial charge in [-0.15, -0.1) is 0 Å². The molecule has 1 aliphatic heterocycles. The lowest BCUT2D eigenvalue weighted by atomic mass is 10.1. The van der Waals surface area contributed by atoms with Gasteiger partial charge in [0.1, 0.15) is 5.75 Å². The second-order valence-electron chi connectivity index (χ2n) is 4.11. The summed E-state index contributed by atoms with van der Waals surface area (Å²) in [6.45, 7) is 0.618. The second kappa shape index (κ2) is 5.64. The third-order valence-corrected chi connectivity index (χ3v) is 2.83. The molecule has 1 aliphatic rings. The minimum Gasteiger partial charge on any atom is -0.508 e. The first-order chi connectivity index (χ1) is 8.72. The van der Waals surface area contributed by atoms with Crippen molar-refractivity contribution >= 4 is 12.1 Å². The Morgan fingerprint density at radius 2 is 2.17 bits per heavy atom. The van der Waals surface area contributed by atoms with E-state index in [0.29, 0.717) is 12.1 Å². The van der Waals surface area contributed by atoms with Crippen LogP contribution < -0.4 is 0 Å². The maximum absolute atomic E-state index is 12.2. The smallest absolute Gasteiger partial charge is 0.276 e. The maximum Gasteiger partial charge on any atom is 0.276 e. The molecular formula is C13H16N2O3. The number of nitrogens with zero attached hydrogens (tertiary/aromatic N) is 2. The lowest BCUT2D eigenvalue weighted by Gasteiger charge is -2.24. The average molecular weight is 248 g/mol. The highest BCUT2D eigenvalue weighted by atomic mass is 16.5. The highest BCUT2D eigenvalue weighted by Gasteiger charge is 2.26. The van der Waals surface area contributed by atoms with Crippen LogP contribution in [0.25, 0.3) is 0 Å². The van der Waals surface area contributed by atoms with Gasteiger partial charge in [-0.2, -0.15) is 5.10 Å². The van der Waals surface area contributed by atoms with Crippen LogP contribution in [-0.4, -0.2) is 35.9 Å². The Morgan fingerprint density at radius 1 is 1.44 bits per heavy atom. The molecule has 1 amide bonds. The van der Waals surface area contributed by atoms with Gasteiger partial charge in [0, 0.05) is 19.9 Å². The SMILES string of the molecule is COC(C(=O)N1CCCC=N1)c1ccc(O)cc1. The topological polar surface area (TPSA) is 62.1 Å². The molecule has 1 N–H and O–H groups in total. The largest absolute Gasteiger partial charge is 0.508 e. The third kappa shape index (κ3) is 2.68. The lowest BCUT2D eigenvalue weighted by molar-refractivity contribution is -0.142. The predicted octanol–water partition coefficient (Wildman–Crippen LogP) is 1.69. The highest BCUT2D eigenvalue weighted by molar-refractivity contribution is 5.83.